The molecule has 3 atom stereocenters. The monoisotopic (exact) mass is 493 g/mol. The summed E-state index contributed by atoms with van der Waals surface area (Å²) in [7, 11) is 0. The summed E-state index contributed by atoms with van der Waals surface area (Å²) in [6, 6.07) is 7.46. The number of H-pyrrole nitrogens is 1. The van der Waals surface area contributed by atoms with Crippen LogP contribution in [0.1, 0.15) is 54.0 Å². The maximum Gasteiger partial charge on any atom is 0.292 e. The van der Waals surface area contributed by atoms with Crippen LogP contribution < -0.4 is 10.1 Å². The Hall–Kier alpha value is -3.79. The Morgan fingerprint density at radius 3 is 2.67 bits per heavy atom. The number of ketones is 1. The lowest BCUT2D eigenvalue weighted by Crippen LogP contribution is -2.66. The molecule has 3 aromatic rings. The number of nitrogens with one attached hydrogen (secondary N) is 2. The van der Waals surface area contributed by atoms with Gasteiger partial charge in [0.05, 0.1) is 11.6 Å². The molecule has 188 valence electrons. The molecule has 2 aromatic heterocycles. The summed E-state index contributed by atoms with van der Waals surface area (Å²) in [4.78, 5) is 49.9. The average Bonchev–Trinajstić information content (AvgIpc) is 3.24. The summed E-state index contributed by atoms with van der Waals surface area (Å²) in [5.74, 6) is -1.75. The largest absolute Gasteiger partial charge is 0.451 e. The van der Waals surface area contributed by atoms with Crippen molar-refractivity contribution < 1.29 is 23.5 Å². The van der Waals surface area contributed by atoms with Crippen molar-refractivity contribution in [2.75, 3.05) is 6.54 Å². The standard InChI is InChI=1S/C26H28FN5O4/c1-13(2)29-23(34)21(33)20-10-28-22-18(20)9-19-24(30-22)36-26-15(4)31(11-14(3)32(26)25(19)35)12-16-5-7-17(27)8-6-16/h5-10,13-15,26H,11-12H2,1-4H3,(H,28,30)(H,29,34)/t14-,15+,26?/m1/s1. The predicted octanol–water partition coefficient (Wildman–Crippen LogP) is 2.86. The van der Waals surface area contributed by atoms with Gasteiger partial charge in [0, 0.05) is 36.8 Å². The number of ether oxygens (including phenoxy) is 1. The van der Waals surface area contributed by atoms with Gasteiger partial charge in [-0.15, -0.1) is 0 Å². The molecule has 1 unspecified atom stereocenters. The zero-order chi connectivity index (χ0) is 25.7. The van der Waals surface area contributed by atoms with E-state index in [0.29, 0.717) is 24.1 Å². The van der Waals surface area contributed by atoms with Gasteiger partial charge in [-0.1, -0.05) is 12.1 Å². The number of aromatic nitrogens is 2. The Labute approximate surface area is 207 Å². The highest BCUT2D eigenvalue weighted by atomic mass is 19.1. The van der Waals surface area contributed by atoms with E-state index in [1.54, 1.807) is 36.9 Å². The number of carbonyl (C=O) groups excluding carboxylic acids is 3. The number of pyridine rings is 1. The van der Waals surface area contributed by atoms with Gasteiger partial charge in [-0.05, 0) is 51.5 Å². The van der Waals surface area contributed by atoms with Gasteiger partial charge in [0.1, 0.15) is 17.0 Å². The SMILES string of the molecule is CC(C)NC(=O)C(=O)c1c[nH]c2nc3c(cc12)C(=O)N1C(O3)[C@H](C)N(Cc2ccc(F)cc2)C[C@H]1C. The van der Waals surface area contributed by atoms with E-state index in [-0.39, 0.29) is 46.9 Å². The number of aromatic amines is 1. The Morgan fingerprint density at radius 2 is 1.97 bits per heavy atom. The molecule has 0 aliphatic carbocycles. The highest BCUT2D eigenvalue weighted by molar-refractivity contribution is 6.45. The number of carbonyl (C=O) groups is 3. The van der Waals surface area contributed by atoms with Gasteiger partial charge in [0.15, 0.2) is 6.23 Å². The van der Waals surface area contributed by atoms with Crippen LogP contribution in [0.4, 0.5) is 4.39 Å². The van der Waals surface area contributed by atoms with Crippen LogP contribution in [0.5, 0.6) is 5.88 Å². The van der Waals surface area contributed by atoms with E-state index >= 15 is 0 Å². The van der Waals surface area contributed by atoms with E-state index < -0.39 is 17.9 Å². The second-order valence-electron chi connectivity index (χ2n) is 9.76. The molecule has 2 aliphatic rings. The maximum absolute atomic E-state index is 13.6. The maximum atomic E-state index is 13.6. The first-order chi connectivity index (χ1) is 17.1. The Kier molecular flexibility index (Phi) is 5.99. The molecule has 2 N–H and O–H groups in total. The van der Waals surface area contributed by atoms with Gasteiger partial charge < -0.3 is 15.0 Å². The van der Waals surface area contributed by atoms with Crippen molar-refractivity contribution in [3.05, 3.63) is 59.0 Å². The molecule has 36 heavy (non-hydrogen) atoms. The number of fused-ring (bicyclic) bond motifs is 3. The number of hydrogen-bond acceptors (Lipinski definition) is 6. The molecule has 2 amide bonds. The van der Waals surface area contributed by atoms with Crippen molar-refractivity contribution in [3.63, 3.8) is 0 Å². The number of piperazine rings is 1. The van der Waals surface area contributed by atoms with Gasteiger partial charge >= 0.3 is 0 Å². The lowest BCUT2D eigenvalue weighted by Gasteiger charge is -2.50. The minimum absolute atomic E-state index is 0.152. The quantitative estimate of drug-likeness (QED) is 0.418. The molecule has 9 nitrogen and oxygen atoms in total. The minimum Gasteiger partial charge on any atom is -0.451 e. The van der Waals surface area contributed by atoms with Crippen LogP contribution in [0.15, 0.2) is 36.5 Å². The fourth-order valence-corrected chi connectivity index (χ4v) is 4.93. The fraction of sp³-hybridized carbons (Fsp3) is 0.385. The molecule has 0 radical (unpaired) electrons. The van der Waals surface area contributed by atoms with Crippen LogP contribution in [0, 0.1) is 5.82 Å². The molecule has 5 rings (SSSR count). The van der Waals surface area contributed by atoms with Crippen LogP contribution in [-0.4, -0.2) is 68.3 Å². The third-order valence-electron chi connectivity index (χ3n) is 6.73. The van der Waals surface area contributed by atoms with Gasteiger partial charge in [-0.2, -0.15) is 4.98 Å². The van der Waals surface area contributed by atoms with Crippen molar-refractivity contribution in [3.8, 4) is 5.88 Å². The number of Topliss-reactive ketones (excluding diaryl/α,β-unsaturated/α-hetero) is 1. The van der Waals surface area contributed by atoms with Crippen LogP contribution in [0.2, 0.25) is 0 Å². The highest BCUT2D eigenvalue weighted by Gasteiger charge is 2.46. The second-order valence-corrected chi connectivity index (χ2v) is 9.76. The second kappa shape index (κ2) is 9.02. The third-order valence-corrected chi connectivity index (χ3v) is 6.73. The van der Waals surface area contributed by atoms with Crippen LogP contribution in [0.25, 0.3) is 11.0 Å². The van der Waals surface area contributed by atoms with Crippen LogP contribution >= 0.6 is 0 Å². The minimum atomic E-state index is -0.717. The van der Waals surface area contributed by atoms with Gasteiger partial charge in [0.2, 0.25) is 5.88 Å². The number of nitrogens with zero attached hydrogens (tertiary/aromatic N) is 3. The average molecular weight is 494 g/mol. The van der Waals surface area contributed by atoms with E-state index in [0.717, 1.165) is 5.56 Å². The van der Waals surface area contributed by atoms with Gasteiger partial charge in [-0.25, -0.2) is 4.39 Å². The van der Waals surface area contributed by atoms with Crippen molar-refractivity contribution in [2.24, 2.45) is 0 Å². The first-order valence-electron chi connectivity index (χ1n) is 12.0. The lowest BCUT2D eigenvalue weighted by molar-refractivity contribution is -0.117. The smallest absolute Gasteiger partial charge is 0.292 e. The first kappa shape index (κ1) is 23.9. The molecule has 1 saturated heterocycles. The van der Waals surface area contributed by atoms with Crippen LogP contribution in [-0.2, 0) is 11.3 Å². The molecule has 1 fully saturated rings. The summed E-state index contributed by atoms with van der Waals surface area (Å²) < 4.78 is 19.6. The summed E-state index contributed by atoms with van der Waals surface area (Å²) in [5.41, 5.74) is 1.73. The Balaban J connectivity index is 1.45. The molecule has 1 aromatic carbocycles. The zero-order valence-electron chi connectivity index (χ0n) is 20.5. The van der Waals surface area contributed by atoms with E-state index in [2.05, 4.69) is 20.2 Å². The van der Waals surface area contributed by atoms with E-state index in [9.17, 15) is 18.8 Å². The molecule has 4 heterocycles. The lowest BCUT2D eigenvalue weighted by atomic mass is 10.0. The van der Waals surface area contributed by atoms with Crippen molar-refractivity contribution >= 4 is 28.6 Å². The van der Waals surface area contributed by atoms with Crippen molar-refractivity contribution in [1.82, 2.24) is 25.1 Å². The summed E-state index contributed by atoms with van der Waals surface area (Å²) in [6.45, 7) is 8.68. The predicted molar refractivity (Wildman–Crippen MR) is 130 cm³/mol. The number of amides is 2. The molecular formula is C26H28FN5O4. The molecular weight excluding hydrogens is 465 g/mol. The number of hydrogen-bond donors (Lipinski definition) is 2. The topological polar surface area (TPSA) is 108 Å². The number of halogens is 1. The third kappa shape index (κ3) is 4.11. The highest BCUT2D eigenvalue weighted by Crippen LogP contribution is 2.36. The Bertz CT molecular complexity index is 1350. The van der Waals surface area contributed by atoms with Crippen LogP contribution in [0.3, 0.4) is 0 Å². The summed E-state index contributed by atoms with van der Waals surface area (Å²) >= 11 is 0. The summed E-state index contributed by atoms with van der Waals surface area (Å²) in [5, 5.41) is 2.99. The van der Waals surface area contributed by atoms with Crippen molar-refractivity contribution in [1.29, 1.82) is 0 Å². The molecule has 10 heteroatoms. The van der Waals surface area contributed by atoms with Gasteiger partial charge in [0.25, 0.3) is 17.6 Å². The number of rotatable bonds is 5. The van der Waals surface area contributed by atoms with E-state index in [1.807, 2.05) is 13.8 Å². The first-order valence-corrected chi connectivity index (χ1v) is 12.0. The number of benzene rings is 1. The summed E-state index contributed by atoms with van der Waals surface area (Å²) in [6.07, 6.45) is 0.866. The molecule has 2 aliphatic heterocycles. The normalized spacial score (nSPS) is 21.8. The Morgan fingerprint density at radius 1 is 1.25 bits per heavy atom. The molecule has 0 bridgehead atoms. The van der Waals surface area contributed by atoms with E-state index in [4.69, 9.17) is 4.74 Å². The van der Waals surface area contributed by atoms with E-state index in [1.165, 1.54) is 18.3 Å². The zero-order valence-corrected chi connectivity index (χ0v) is 20.5. The van der Waals surface area contributed by atoms with Crippen molar-refractivity contribution in [2.45, 2.75) is 58.6 Å². The molecule has 0 spiro atoms. The van der Waals surface area contributed by atoms with Gasteiger partial charge in [-0.3, -0.25) is 24.2 Å². The fourth-order valence-electron chi connectivity index (χ4n) is 4.93. The molecule has 0 saturated carbocycles.